The third kappa shape index (κ3) is 3.05. The summed E-state index contributed by atoms with van der Waals surface area (Å²) >= 11 is 0. The molecule has 1 fully saturated rings. The fourth-order valence-corrected chi connectivity index (χ4v) is 2.90. The van der Waals surface area contributed by atoms with E-state index in [1.165, 1.54) is 12.8 Å². The first-order chi connectivity index (χ1) is 10.3. The topological polar surface area (TPSA) is 47.0 Å². The molecule has 1 N–H and O–H groups in total. The fraction of sp³-hybridized carbons (Fsp3) is 0.412. The number of aromatic nitrogens is 2. The van der Waals surface area contributed by atoms with E-state index >= 15 is 0 Å². The maximum Gasteiger partial charge on any atom is 0.128 e. The van der Waals surface area contributed by atoms with Gasteiger partial charge in [0, 0.05) is 23.7 Å². The first-order valence-corrected chi connectivity index (χ1v) is 7.47. The first-order valence-electron chi connectivity index (χ1n) is 7.47. The van der Waals surface area contributed by atoms with E-state index in [9.17, 15) is 0 Å². The Kier molecular flexibility index (Phi) is 4.15. The van der Waals surface area contributed by atoms with Crippen LogP contribution >= 0.6 is 0 Å². The molecule has 2 heterocycles. The highest BCUT2D eigenvalue weighted by atomic mass is 16.5. The Morgan fingerprint density at radius 3 is 2.86 bits per heavy atom. The van der Waals surface area contributed by atoms with Crippen LogP contribution in [-0.2, 0) is 0 Å². The number of rotatable bonds is 3. The molecule has 1 aliphatic heterocycles. The number of nitrogens with one attached hydrogen (secondary N) is 1. The van der Waals surface area contributed by atoms with E-state index in [0.29, 0.717) is 5.92 Å². The summed E-state index contributed by atoms with van der Waals surface area (Å²) in [7, 11) is 1.69. The van der Waals surface area contributed by atoms with Crippen LogP contribution in [0.2, 0.25) is 0 Å². The third-order valence-electron chi connectivity index (χ3n) is 3.96. The van der Waals surface area contributed by atoms with Gasteiger partial charge in [-0.3, -0.25) is 0 Å². The fourth-order valence-electron chi connectivity index (χ4n) is 2.90. The minimum absolute atomic E-state index is 0.480. The molecule has 0 aliphatic carbocycles. The molecule has 0 spiro atoms. The van der Waals surface area contributed by atoms with E-state index in [1.807, 2.05) is 31.2 Å². The van der Waals surface area contributed by atoms with E-state index < -0.39 is 0 Å². The summed E-state index contributed by atoms with van der Waals surface area (Å²) < 4.78 is 5.45. The minimum Gasteiger partial charge on any atom is -0.496 e. The molecule has 110 valence electrons. The summed E-state index contributed by atoms with van der Waals surface area (Å²) in [6.45, 7) is 4.07. The lowest BCUT2D eigenvalue weighted by Gasteiger charge is -2.23. The number of aryl methyl sites for hydroxylation is 1. The van der Waals surface area contributed by atoms with E-state index in [2.05, 4.69) is 21.4 Å². The van der Waals surface area contributed by atoms with Crippen molar-refractivity contribution in [2.24, 2.45) is 0 Å². The highest BCUT2D eigenvalue weighted by Crippen LogP contribution is 2.30. The number of para-hydroxylation sites is 1. The van der Waals surface area contributed by atoms with Crippen molar-refractivity contribution in [3.8, 4) is 17.0 Å². The Bertz CT molecular complexity index is 621. The molecule has 1 atom stereocenters. The van der Waals surface area contributed by atoms with Crippen LogP contribution < -0.4 is 10.1 Å². The first kappa shape index (κ1) is 14.0. The number of hydrogen-bond donors (Lipinski definition) is 1. The molecular formula is C17H21N3O. The molecule has 0 amide bonds. The SMILES string of the molecule is COc1ccccc1-c1cc(C2CCCNC2)nc(C)n1. The summed E-state index contributed by atoms with van der Waals surface area (Å²) in [5.74, 6) is 2.15. The molecule has 0 radical (unpaired) electrons. The van der Waals surface area contributed by atoms with Crippen molar-refractivity contribution < 1.29 is 4.74 Å². The molecule has 1 aliphatic rings. The van der Waals surface area contributed by atoms with Crippen molar-refractivity contribution in [2.75, 3.05) is 20.2 Å². The van der Waals surface area contributed by atoms with Crippen LogP contribution in [0.3, 0.4) is 0 Å². The van der Waals surface area contributed by atoms with Gasteiger partial charge in [0.25, 0.3) is 0 Å². The molecule has 1 saturated heterocycles. The Balaban J connectivity index is 2.01. The van der Waals surface area contributed by atoms with Gasteiger partial charge in [0.1, 0.15) is 11.6 Å². The number of benzene rings is 1. The predicted octanol–water partition coefficient (Wildman–Crippen LogP) is 2.93. The van der Waals surface area contributed by atoms with Gasteiger partial charge >= 0.3 is 0 Å². The van der Waals surface area contributed by atoms with E-state index in [4.69, 9.17) is 4.74 Å². The lowest BCUT2D eigenvalue weighted by atomic mass is 9.95. The average Bonchev–Trinajstić information content (AvgIpc) is 2.55. The van der Waals surface area contributed by atoms with Crippen LogP contribution in [0.4, 0.5) is 0 Å². The molecule has 4 nitrogen and oxygen atoms in total. The smallest absolute Gasteiger partial charge is 0.128 e. The molecule has 0 saturated carbocycles. The lowest BCUT2D eigenvalue weighted by Crippen LogP contribution is -2.29. The van der Waals surface area contributed by atoms with Crippen LogP contribution in [0.5, 0.6) is 5.75 Å². The second kappa shape index (κ2) is 6.22. The highest BCUT2D eigenvalue weighted by molar-refractivity contribution is 5.67. The minimum atomic E-state index is 0.480. The van der Waals surface area contributed by atoms with Gasteiger partial charge in [-0.15, -0.1) is 0 Å². The maximum atomic E-state index is 5.45. The van der Waals surface area contributed by atoms with Crippen LogP contribution in [0.15, 0.2) is 30.3 Å². The lowest BCUT2D eigenvalue weighted by molar-refractivity contribution is 0.416. The van der Waals surface area contributed by atoms with E-state index in [-0.39, 0.29) is 0 Å². The Morgan fingerprint density at radius 2 is 2.10 bits per heavy atom. The highest BCUT2D eigenvalue weighted by Gasteiger charge is 2.18. The molecule has 1 aromatic heterocycles. The zero-order chi connectivity index (χ0) is 14.7. The molecule has 2 aromatic rings. The number of ether oxygens (including phenoxy) is 1. The van der Waals surface area contributed by atoms with Crippen molar-refractivity contribution in [1.29, 1.82) is 0 Å². The van der Waals surface area contributed by atoms with Crippen LogP contribution in [-0.4, -0.2) is 30.2 Å². The van der Waals surface area contributed by atoms with E-state index in [1.54, 1.807) is 7.11 Å². The van der Waals surface area contributed by atoms with Crippen molar-refractivity contribution in [1.82, 2.24) is 15.3 Å². The Morgan fingerprint density at radius 1 is 1.24 bits per heavy atom. The Labute approximate surface area is 125 Å². The molecule has 3 rings (SSSR count). The average molecular weight is 283 g/mol. The van der Waals surface area contributed by atoms with Gasteiger partial charge in [-0.25, -0.2) is 9.97 Å². The van der Waals surface area contributed by atoms with Crippen LogP contribution in [0.1, 0.15) is 30.3 Å². The summed E-state index contributed by atoms with van der Waals surface area (Å²) in [6.07, 6.45) is 2.40. The summed E-state index contributed by atoms with van der Waals surface area (Å²) in [5.41, 5.74) is 3.10. The summed E-state index contributed by atoms with van der Waals surface area (Å²) in [5, 5.41) is 3.45. The zero-order valence-electron chi connectivity index (χ0n) is 12.6. The van der Waals surface area contributed by atoms with Crippen molar-refractivity contribution in [3.05, 3.63) is 41.9 Å². The van der Waals surface area contributed by atoms with Crippen molar-refractivity contribution in [3.63, 3.8) is 0 Å². The number of piperidine rings is 1. The molecular weight excluding hydrogens is 262 g/mol. The summed E-state index contributed by atoms with van der Waals surface area (Å²) in [6, 6.07) is 10.1. The molecule has 0 bridgehead atoms. The van der Waals surface area contributed by atoms with Crippen LogP contribution in [0.25, 0.3) is 11.3 Å². The Hall–Kier alpha value is -1.94. The number of nitrogens with zero attached hydrogens (tertiary/aromatic N) is 2. The quantitative estimate of drug-likeness (QED) is 0.941. The summed E-state index contributed by atoms with van der Waals surface area (Å²) in [4.78, 5) is 9.24. The van der Waals surface area contributed by atoms with Gasteiger partial charge in [-0.2, -0.15) is 0 Å². The zero-order valence-corrected chi connectivity index (χ0v) is 12.6. The molecule has 1 aromatic carbocycles. The van der Waals surface area contributed by atoms with Gasteiger partial charge in [0.05, 0.1) is 12.8 Å². The largest absolute Gasteiger partial charge is 0.496 e. The van der Waals surface area contributed by atoms with E-state index in [0.717, 1.165) is 41.6 Å². The maximum absolute atomic E-state index is 5.45. The molecule has 1 unspecified atom stereocenters. The second-order valence-electron chi connectivity index (χ2n) is 5.47. The van der Waals surface area contributed by atoms with Gasteiger partial charge in [0.2, 0.25) is 0 Å². The predicted molar refractivity (Wildman–Crippen MR) is 83.6 cm³/mol. The number of hydrogen-bond acceptors (Lipinski definition) is 4. The molecule has 4 heteroatoms. The monoisotopic (exact) mass is 283 g/mol. The number of methoxy groups -OCH3 is 1. The second-order valence-corrected chi connectivity index (χ2v) is 5.47. The van der Waals surface area contributed by atoms with Crippen molar-refractivity contribution >= 4 is 0 Å². The van der Waals surface area contributed by atoms with Gasteiger partial charge in [0.15, 0.2) is 0 Å². The van der Waals surface area contributed by atoms with Gasteiger partial charge < -0.3 is 10.1 Å². The molecule has 21 heavy (non-hydrogen) atoms. The van der Waals surface area contributed by atoms with Gasteiger partial charge in [-0.05, 0) is 44.5 Å². The normalized spacial score (nSPS) is 18.5. The third-order valence-corrected chi connectivity index (χ3v) is 3.96. The van der Waals surface area contributed by atoms with Crippen molar-refractivity contribution in [2.45, 2.75) is 25.7 Å². The standard InChI is InChI=1S/C17H21N3O/c1-12-19-15(13-6-5-9-18-11-13)10-16(20-12)14-7-3-4-8-17(14)21-2/h3-4,7-8,10,13,18H,5-6,9,11H2,1-2H3. The van der Waals surface area contributed by atoms with Gasteiger partial charge in [-0.1, -0.05) is 12.1 Å². The van der Waals surface area contributed by atoms with Crippen LogP contribution in [0, 0.1) is 6.92 Å².